The Kier molecular flexibility index (Phi) is 8.19. The summed E-state index contributed by atoms with van der Waals surface area (Å²) in [4.78, 5) is 39.6. The third-order valence-electron chi connectivity index (χ3n) is 5.85. The average Bonchev–Trinajstić information content (AvgIpc) is 3.35. The molecule has 0 bridgehead atoms. The molecule has 1 aliphatic heterocycles. The lowest BCUT2D eigenvalue weighted by atomic mass is 10.0. The molecule has 0 aliphatic carbocycles. The maximum atomic E-state index is 13.3. The Morgan fingerprint density at radius 3 is 2.61 bits per heavy atom. The third-order valence-corrected chi connectivity index (χ3v) is 5.85. The number of pyridine rings is 1. The zero-order chi connectivity index (χ0) is 25.5. The van der Waals surface area contributed by atoms with E-state index in [1.54, 1.807) is 16.7 Å². The lowest BCUT2D eigenvalue weighted by molar-refractivity contribution is -0.123. The molecule has 0 fully saturated rings. The molecule has 1 aliphatic rings. The van der Waals surface area contributed by atoms with Crippen molar-refractivity contribution in [1.82, 2.24) is 15.2 Å². The Morgan fingerprint density at radius 2 is 1.89 bits per heavy atom. The van der Waals surface area contributed by atoms with Crippen LogP contribution in [0.15, 0.2) is 53.5 Å². The fourth-order valence-electron chi connectivity index (χ4n) is 4.03. The monoisotopic (exact) mass is 495 g/mol. The molecule has 0 radical (unpaired) electrons. The first-order valence-electron chi connectivity index (χ1n) is 11.8. The second-order valence-corrected chi connectivity index (χ2v) is 8.22. The Balaban J connectivity index is 1.59. The maximum Gasteiger partial charge on any atom is 0.257 e. The van der Waals surface area contributed by atoms with Crippen LogP contribution in [0.3, 0.4) is 0 Å². The number of aliphatic hydroxyl groups excluding tert-OH is 1. The number of rotatable bonds is 11. The number of nitrogens with zero attached hydrogens (tertiary/aromatic N) is 1. The van der Waals surface area contributed by atoms with Crippen molar-refractivity contribution < 1.29 is 28.9 Å². The second-order valence-electron chi connectivity index (χ2n) is 8.22. The normalized spacial score (nSPS) is 12.9. The van der Waals surface area contributed by atoms with E-state index in [-0.39, 0.29) is 45.1 Å². The number of nitrogens with one attached hydrogen (secondary N) is 2. The quantitative estimate of drug-likeness (QED) is 0.341. The van der Waals surface area contributed by atoms with Gasteiger partial charge in [0.05, 0.1) is 30.7 Å². The molecule has 0 unspecified atom stereocenters. The van der Waals surface area contributed by atoms with Crippen LogP contribution in [-0.2, 0) is 22.5 Å². The molecule has 10 nitrogen and oxygen atoms in total. The predicted octanol–water partition coefficient (Wildman–Crippen LogP) is 1.22. The molecule has 36 heavy (non-hydrogen) atoms. The van der Waals surface area contributed by atoms with E-state index in [1.807, 2.05) is 37.3 Å². The first-order chi connectivity index (χ1) is 17.5. The zero-order valence-electron chi connectivity index (χ0n) is 20.0. The lowest BCUT2D eigenvalue weighted by Gasteiger charge is -2.19. The number of hydrogen-bond donors (Lipinski definition) is 3. The van der Waals surface area contributed by atoms with Gasteiger partial charge in [-0.05, 0) is 18.6 Å². The number of aryl methyl sites for hydroxylation is 1. The average molecular weight is 496 g/mol. The molecule has 2 amide bonds. The standard InChI is InChI=1S/C26H29N3O7/c1-2-29-15-19(24(31)18-13-22-23(14-21(18)29)36-16-35-22)25(32)28-20(12-17-6-4-3-5-7-17)26(33)27-8-10-34-11-9-30/h3-7,13-15,20,30H,2,8-12,16H2,1H3,(H,27,33)(H,28,32)/t20-/m0/s1. The molecular weight excluding hydrogens is 466 g/mol. The minimum atomic E-state index is -0.917. The van der Waals surface area contributed by atoms with Crippen molar-refractivity contribution in [2.24, 2.45) is 0 Å². The van der Waals surface area contributed by atoms with Crippen LogP contribution in [0.4, 0.5) is 0 Å². The molecule has 190 valence electrons. The van der Waals surface area contributed by atoms with E-state index in [9.17, 15) is 14.4 Å². The number of benzene rings is 2. The molecule has 10 heteroatoms. The number of aliphatic hydroxyl groups is 1. The van der Waals surface area contributed by atoms with Gasteiger partial charge in [0.25, 0.3) is 5.91 Å². The van der Waals surface area contributed by atoms with Crippen molar-refractivity contribution in [3.63, 3.8) is 0 Å². The SMILES string of the molecule is CCn1cc(C(=O)N[C@@H](Cc2ccccc2)C(=O)NCCOCCO)c(=O)c2cc3c(cc21)OCO3. The largest absolute Gasteiger partial charge is 0.454 e. The van der Waals surface area contributed by atoms with Gasteiger partial charge in [0.15, 0.2) is 11.5 Å². The summed E-state index contributed by atoms with van der Waals surface area (Å²) in [6.45, 7) is 2.99. The smallest absolute Gasteiger partial charge is 0.257 e. The second kappa shape index (κ2) is 11.7. The van der Waals surface area contributed by atoms with Crippen LogP contribution in [-0.4, -0.2) is 60.7 Å². The summed E-state index contributed by atoms with van der Waals surface area (Å²) in [7, 11) is 0. The van der Waals surface area contributed by atoms with Crippen LogP contribution in [0, 0.1) is 0 Å². The molecule has 2 aromatic carbocycles. The number of ether oxygens (including phenoxy) is 3. The van der Waals surface area contributed by atoms with Gasteiger partial charge in [0.1, 0.15) is 11.6 Å². The van der Waals surface area contributed by atoms with Crippen LogP contribution < -0.4 is 25.5 Å². The van der Waals surface area contributed by atoms with E-state index in [4.69, 9.17) is 19.3 Å². The Morgan fingerprint density at radius 1 is 1.14 bits per heavy atom. The number of carbonyl (C=O) groups is 2. The van der Waals surface area contributed by atoms with Crippen molar-refractivity contribution in [2.45, 2.75) is 25.9 Å². The summed E-state index contributed by atoms with van der Waals surface area (Å²) >= 11 is 0. The Bertz CT molecular complexity index is 1290. The van der Waals surface area contributed by atoms with Gasteiger partial charge in [0, 0.05) is 31.8 Å². The van der Waals surface area contributed by atoms with Crippen LogP contribution in [0.2, 0.25) is 0 Å². The van der Waals surface area contributed by atoms with Crippen LogP contribution in [0.1, 0.15) is 22.8 Å². The first kappa shape index (κ1) is 25.2. The summed E-state index contributed by atoms with van der Waals surface area (Å²) in [5.41, 5.74) is 0.957. The van der Waals surface area contributed by atoms with Gasteiger partial charge in [-0.25, -0.2) is 0 Å². The first-order valence-corrected chi connectivity index (χ1v) is 11.8. The minimum absolute atomic E-state index is 0.0691. The molecule has 0 spiro atoms. The van der Waals surface area contributed by atoms with Gasteiger partial charge in [0.2, 0.25) is 18.1 Å². The van der Waals surface area contributed by atoms with Crippen LogP contribution in [0.25, 0.3) is 10.9 Å². The minimum Gasteiger partial charge on any atom is -0.454 e. The summed E-state index contributed by atoms with van der Waals surface area (Å²) in [6, 6.07) is 11.7. The maximum absolute atomic E-state index is 13.3. The molecule has 1 atom stereocenters. The molecule has 4 rings (SSSR count). The highest BCUT2D eigenvalue weighted by molar-refractivity contribution is 6.00. The van der Waals surface area contributed by atoms with Gasteiger partial charge < -0.3 is 34.5 Å². The topological polar surface area (TPSA) is 128 Å². The summed E-state index contributed by atoms with van der Waals surface area (Å²) in [6.07, 6.45) is 1.74. The fourth-order valence-corrected chi connectivity index (χ4v) is 4.03. The van der Waals surface area contributed by atoms with Gasteiger partial charge in [-0.1, -0.05) is 30.3 Å². The highest BCUT2D eigenvalue weighted by Crippen LogP contribution is 2.35. The van der Waals surface area contributed by atoms with E-state index in [0.29, 0.717) is 28.9 Å². The fraction of sp³-hybridized carbons (Fsp3) is 0.346. The van der Waals surface area contributed by atoms with Gasteiger partial charge in [-0.2, -0.15) is 0 Å². The molecule has 2 heterocycles. The highest BCUT2D eigenvalue weighted by atomic mass is 16.7. The number of amides is 2. The predicted molar refractivity (Wildman–Crippen MR) is 132 cm³/mol. The van der Waals surface area contributed by atoms with Gasteiger partial charge in [-0.15, -0.1) is 0 Å². The van der Waals surface area contributed by atoms with Crippen LogP contribution in [0.5, 0.6) is 11.5 Å². The van der Waals surface area contributed by atoms with Crippen molar-refractivity contribution in [2.75, 3.05) is 33.2 Å². The van der Waals surface area contributed by atoms with E-state index in [1.165, 1.54) is 6.20 Å². The molecular formula is C26H29N3O7. The van der Waals surface area contributed by atoms with Crippen molar-refractivity contribution >= 4 is 22.7 Å². The molecule has 0 saturated carbocycles. The van der Waals surface area contributed by atoms with Crippen LogP contribution >= 0.6 is 0 Å². The summed E-state index contributed by atoms with van der Waals surface area (Å²) < 4.78 is 17.8. The molecule has 3 aromatic rings. The Hall–Kier alpha value is -3.89. The molecule has 0 saturated heterocycles. The number of aromatic nitrogens is 1. The molecule has 3 N–H and O–H groups in total. The number of hydrogen-bond acceptors (Lipinski definition) is 7. The Labute approximate surface area is 207 Å². The summed E-state index contributed by atoms with van der Waals surface area (Å²) in [5, 5.41) is 14.6. The van der Waals surface area contributed by atoms with Gasteiger partial charge >= 0.3 is 0 Å². The van der Waals surface area contributed by atoms with Crippen molar-refractivity contribution in [1.29, 1.82) is 0 Å². The number of carbonyl (C=O) groups excluding carboxylic acids is 2. The zero-order valence-corrected chi connectivity index (χ0v) is 20.0. The molecule has 1 aromatic heterocycles. The highest BCUT2D eigenvalue weighted by Gasteiger charge is 2.25. The lowest BCUT2D eigenvalue weighted by Crippen LogP contribution is -2.49. The third kappa shape index (κ3) is 5.67. The van der Waals surface area contributed by atoms with E-state index in [0.717, 1.165) is 5.56 Å². The van der Waals surface area contributed by atoms with Crippen molar-refractivity contribution in [3.05, 3.63) is 70.0 Å². The summed E-state index contributed by atoms with van der Waals surface area (Å²) in [5.74, 6) is -0.0532. The van der Waals surface area contributed by atoms with E-state index in [2.05, 4.69) is 10.6 Å². The number of fused-ring (bicyclic) bond motifs is 2. The van der Waals surface area contributed by atoms with E-state index < -0.39 is 23.3 Å². The van der Waals surface area contributed by atoms with Crippen molar-refractivity contribution in [3.8, 4) is 11.5 Å². The van der Waals surface area contributed by atoms with E-state index >= 15 is 0 Å². The van der Waals surface area contributed by atoms with Gasteiger partial charge in [-0.3, -0.25) is 14.4 Å².